The summed E-state index contributed by atoms with van der Waals surface area (Å²) < 4.78 is 68.7. The van der Waals surface area contributed by atoms with E-state index < -0.39 is 26.7 Å². The van der Waals surface area contributed by atoms with Gasteiger partial charge in [-0.2, -0.15) is 13.2 Å². The van der Waals surface area contributed by atoms with E-state index in [2.05, 4.69) is 19.6 Å². The number of anilines is 2. The summed E-state index contributed by atoms with van der Waals surface area (Å²) in [5, 5.41) is 0. The lowest BCUT2D eigenvalue weighted by molar-refractivity contribution is -0.139. The Balaban J connectivity index is 1.80. The van der Waals surface area contributed by atoms with Crippen LogP contribution in [0, 0.1) is 0 Å². The Hall–Kier alpha value is -2.92. The lowest BCUT2D eigenvalue weighted by Gasteiger charge is -2.24. The highest BCUT2D eigenvalue weighted by Crippen LogP contribution is 2.35. The molecule has 1 aliphatic rings. The van der Waals surface area contributed by atoms with Crippen molar-refractivity contribution in [2.75, 3.05) is 42.8 Å². The minimum absolute atomic E-state index is 0.0924. The molecule has 0 spiro atoms. The summed E-state index contributed by atoms with van der Waals surface area (Å²) in [6, 6.07) is 11.0. The standard InChI is InChI=1S/C21H22F3N5O2S/c1-28-11-6-12-29(14-13-28)20-19(25-16-8-3-4-9-17(16)26-20)27-32(30,31)18-10-5-2-7-15(18)21(22,23)24/h2-5,7-10H,6,11-14H2,1H3,(H,25,27). The SMILES string of the molecule is CN1CCCN(c2nc3ccccc3nc2NS(=O)(=O)c2ccccc2C(F)(F)F)CC1. The number of hydrogen-bond acceptors (Lipinski definition) is 6. The monoisotopic (exact) mass is 465 g/mol. The maximum atomic E-state index is 13.4. The topological polar surface area (TPSA) is 78.4 Å². The van der Waals surface area contributed by atoms with E-state index in [1.54, 1.807) is 24.3 Å². The molecule has 3 aromatic rings. The van der Waals surface area contributed by atoms with Crippen molar-refractivity contribution in [3.8, 4) is 0 Å². The quantitative estimate of drug-likeness (QED) is 0.635. The van der Waals surface area contributed by atoms with Crippen molar-refractivity contribution in [2.45, 2.75) is 17.5 Å². The largest absolute Gasteiger partial charge is 0.417 e. The number of likely N-dealkylation sites (N-methyl/N-ethyl adjacent to an activating group) is 1. The third-order valence-electron chi connectivity index (χ3n) is 5.28. The van der Waals surface area contributed by atoms with Gasteiger partial charge in [-0.05, 0) is 44.3 Å². The number of benzene rings is 2. The summed E-state index contributed by atoms with van der Waals surface area (Å²) in [6.07, 6.45) is -3.99. The first kappa shape index (κ1) is 22.3. The highest BCUT2D eigenvalue weighted by molar-refractivity contribution is 7.92. The highest BCUT2D eigenvalue weighted by Gasteiger charge is 2.37. The van der Waals surface area contributed by atoms with Crippen molar-refractivity contribution in [2.24, 2.45) is 0 Å². The number of alkyl halides is 3. The smallest absolute Gasteiger partial charge is 0.352 e. The Labute approximate surface area is 183 Å². The molecule has 0 unspecified atom stereocenters. The number of rotatable bonds is 4. The van der Waals surface area contributed by atoms with Crippen LogP contribution in [0.4, 0.5) is 24.8 Å². The second kappa shape index (κ2) is 8.55. The van der Waals surface area contributed by atoms with Crippen LogP contribution in [-0.4, -0.2) is 56.5 Å². The zero-order chi connectivity index (χ0) is 22.9. The van der Waals surface area contributed by atoms with Crippen LogP contribution in [0.5, 0.6) is 0 Å². The number of aromatic nitrogens is 2. The summed E-state index contributed by atoms with van der Waals surface area (Å²) >= 11 is 0. The van der Waals surface area contributed by atoms with Crippen molar-refractivity contribution in [3.05, 3.63) is 54.1 Å². The highest BCUT2D eigenvalue weighted by atomic mass is 32.2. The molecule has 1 aromatic heterocycles. The normalized spacial score (nSPS) is 16.2. The van der Waals surface area contributed by atoms with E-state index >= 15 is 0 Å². The number of nitrogens with one attached hydrogen (secondary N) is 1. The number of para-hydroxylation sites is 2. The van der Waals surface area contributed by atoms with Crippen LogP contribution >= 0.6 is 0 Å². The van der Waals surface area contributed by atoms with Crippen molar-refractivity contribution in [1.29, 1.82) is 0 Å². The molecule has 32 heavy (non-hydrogen) atoms. The predicted octanol–water partition coefficient (Wildman–Crippen LogP) is 3.59. The Morgan fingerprint density at radius 3 is 2.28 bits per heavy atom. The van der Waals surface area contributed by atoms with Crippen molar-refractivity contribution >= 4 is 32.7 Å². The van der Waals surface area contributed by atoms with Gasteiger partial charge in [0, 0.05) is 19.6 Å². The summed E-state index contributed by atoms with van der Waals surface area (Å²) in [5.74, 6) is 0.206. The Morgan fingerprint density at radius 1 is 0.906 bits per heavy atom. The van der Waals surface area contributed by atoms with E-state index in [0.717, 1.165) is 37.7 Å². The van der Waals surface area contributed by atoms with Crippen LogP contribution in [0.25, 0.3) is 11.0 Å². The van der Waals surface area contributed by atoms with Gasteiger partial charge in [0.05, 0.1) is 21.5 Å². The maximum Gasteiger partial charge on any atom is 0.417 e. The van der Waals surface area contributed by atoms with Gasteiger partial charge in [-0.25, -0.2) is 18.4 Å². The molecule has 1 fully saturated rings. The van der Waals surface area contributed by atoms with Crippen LogP contribution < -0.4 is 9.62 Å². The number of fused-ring (bicyclic) bond motifs is 1. The van der Waals surface area contributed by atoms with Gasteiger partial charge in [-0.3, -0.25) is 4.72 Å². The average Bonchev–Trinajstić information content (AvgIpc) is 2.97. The second-order valence-electron chi connectivity index (χ2n) is 7.63. The first-order chi connectivity index (χ1) is 15.1. The van der Waals surface area contributed by atoms with Crippen LogP contribution in [0.15, 0.2) is 53.4 Å². The van der Waals surface area contributed by atoms with E-state index in [1.165, 1.54) is 6.07 Å². The molecule has 7 nitrogen and oxygen atoms in total. The third kappa shape index (κ3) is 4.63. The van der Waals surface area contributed by atoms with Crippen molar-refractivity contribution in [1.82, 2.24) is 14.9 Å². The molecule has 0 aliphatic carbocycles. The van der Waals surface area contributed by atoms with Gasteiger partial charge in [-0.1, -0.05) is 24.3 Å². The van der Waals surface area contributed by atoms with Crippen LogP contribution in [-0.2, 0) is 16.2 Å². The molecule has 1 aliphatic heterocycles. The molecular formula is C21H22F3N5O2S. The number of sulfonamides is 1. The Bertz CT molecular complexity index is 1230. The third-order valence-corrected chi connectivity index (χ3v) is 6.68. The van der Waals surface area contributed by atoms with E-state index in [1.807, 2.05) is 11.9 Å². The van der Waals surface area contributed by atoms with E-state index in [9.17, 15) is 21.6 Å². The minimum Gasteiger partial charge on any atom is -0.352 e. The van der Waals surface area contributed by atoms with Gasteiger partial charge < -0.3 is 9.80 Å². The number of hydrogen-bond donors (Lipinski definition) is 1. The van der Waals surface area contributed by atoms with E-state index in [4.69, 9.17) is 0 Å². The average molecular weight is 466 g/mol. The molecule has 0 amide bonds. The van der Waals surface area contributed by atoms with Gasteiger partial charge >= 0.3 is 6.18 Å². The molecule has 170 valence electrons. The maximum absolute atomic E-state index is 13.4. The first-order valence-corrected chi connectivity index (χ1v) is 11.5. The molecule has 2 heterocycles. The van der Waals surface area contributed by atoms with Gasteiger partial charge in [-0.15, -0.1) is 0 Å². The summed E-state index contributed by atoms with van der Waals surface area (Å²) in [6.45, 7) is 2.80. The lowest BCUT2D eigenvalue weighted by Crippen LogP contribution is -2.31. The Morgan fingerprint density at radius 2 is 1.56 bits per heavy atom. The van der Waals surface area contributed by atoms with Gasteiger partial charge in [0.25, 0.3) is 10.0 Å². The fraction of sp³-hybridized carbons (Fsp3) is 0.333. The molecule has 1 saturated heterocycles. The summed E-state index contributed by atoms with van der Waals surface area (Å²) in [4.78, 5) is 12.2. The fourth-order valence-corrected chi connectivity index (χ4v) is 4.89. The van der Waals surface area contributed by atoms with Crippen LogP contribution in [0.1, 0.15) is 12.0 Å². The zero-order valence-electron chi connectivity index (χ0n) is 17.3. The number of nitrogens with zero attached hydrogens (tertiary/aromatic N) is 4. The summed E-state index contributed by atoms with van der Waals surface area (Å²) in [5.41, 5.74) is -0.233. The lowest BCUT2D eigenvalue weighted by atomic mass is 10.2. The first-order valence-electron chi connectivity index (χ1n) is 10.0. The molecule has 0 saturated carbocycles. The second-order valence-corrected chi connectivity index (χ2v) is 9.28. The van der Waals surface area contributed by atoms with E-state index in [-0.39, 0.29) is 5.82 Å². The number of halogens is 3. The Kier molecular flexibility index (Phi) is 5.95. The molecule has 1 N–H and O–H groups in total. The molecule has 0 radical (unpaired) electrons. The molecule has 11 heteroatoms. The molecule has 0 atom stereocenters. The van der Waals surface area contributed by atoms with Gasteiger partial charge in [0.1, 0.15) is 0 Å². The zero-order valence-corrected chi connectivity index (χ0v) is 18.1. The van der Waals surface area contributed by atoms with Crippen molar-refractivity contribution < 1.29 is 21.6 Å². The minimum atomic E-state index is -4.82. The molecular weight excluding hydrogens is 443 g/mol. The molecule has 0 bridgehead atoms. The predicted molar refractivity (Wildman–Crippen MR) is 116 cm³/mol. The fourth-order valence-electron chi connectivity index (χ4n) is 3.66. The van der Waals surface area contributed by atoms with Gasteiger partial charge in [0.15, 0.2) is 11.6 Å². The van der Waals surface area contributed by atoms with Crippen LogP contribution in [0.2, 0.25) is 0 Å². The van der Waals surface area contributed by atoms with E-state index in [0.29, 0.717) is 29.9 Å². The molecule has 4 rings (SSSR count). The van der Waals surface area contributed by atoms with Gasteiger partial charge in [0.2, 0.25) is 0 Å². The van der Waals surface area contributed by atoms with Crippen LogP contribution in [0.3, 0.4) is 0 Å². The van der Waals surface area contributed by atoms with Crippen molar-refractivity contribution in [3.63, 3.8) is 0 Å². The molecule has 2 aromatic carbocycles. The summed E-state index contributed by atoms with van der Waals surface area (Å²) in [7, 11) is -2.59.